The second-order valence-electron chi connectivity index (χ2n) is 9.41. The van der Waals surface area contributed by atoms with Gasteiger partial charge in [0.15, 0.2) is 5.84 Å². The molecular formula is C24H30N6. The minimum absolute atomic E-state index is 0.155. The van der Waals surface area contributed by atoms with E-state index in [1.807, 2.05) is 6.20 Å². The van der Waals surface area contributed by atoms with E-state index < -0.39 is 0 Å². The number of piperidine rings is 2. The highest BCUT2D eigenvalue weighted by atomic mass is 15.2. The van der Waals surface area contributed by atoms with Crippen molar-refractivity contribution in [2.75, 3.05) is 31.1 Å². The van der Waals surface area contributed by atoms with Gasteiger partial charge < -0.3 is 15.5 Å². The average molecular weight is 403 g/mol. The Bertz CT molecular complexity index is 985. The lowest BCUT2D eigenvalue weighted by Crippen LogP contribution is -2.44. The van der Waals surface area contributed by atoms with Gasteiger partial charge in [-0.05, 0) is 55.1 Å². The summed E-state index contributed by atoms with van der Waals surface area (Å²) in [5.41, 5.74) is 11.8. The van der Waals surface area contributed by atoms with Crippen molar-refractivity contribution in [1.82, 2.24) is 14.9 Å². The summed E-state index contributed by atoms with van der Waals surface area (Å²) in [6, 6.07) is 8.88. The van der Waals surface area contributed by atoms with E-state index in [0.29, 0.717) is 6.54 Å². The van der Waals surface area contributed by atoms with Crippen molar-refractivity contribution in [2.24, 2.45) is 16.1 Å². The number of amidine groups is 1. The van der Waals surface area contributed by atoms with Gasteiger partial charge in [-0.15, -0.1) is 0 Å². The quantitative estimate of drug-likeness (QED) is 0.794. The zero-order valence-electron chi connectivity index (χ0n) is 17.6. The van der Waals surface area contributed by atoms with Crippen LogP contribution in [0.15, 0.2) is 35.5 Å². The smallest absolute Gasteiger partial charge is 0.152 e. The van der Waals surface area contributed by atoms with E-state index >= 15 is 0 Å². The van der Waals surface area contributed by atoms with Crippen LogP contribution in [0, 0.1) is 5.41 Å². The highest BCUT2D eigenvalue weighted by molar-refractivity contribution is 6.00. The molecule has 0 amide bonds. The normalized spacial score (nSPS) is 24.7. The highest BCUT2D eigenvalue weighted by Gasteiger charge is 2.46. The van der Waals surface area contributed by atoms with Crippen molar-refractivity contribution in [1.29, 1.82) is 0 Å². The number of nitrogens with two attached hydrogens (primary N) is 1. The molecule has 1 spiro atoms. The fourth-order valence-corrected chi connectivity index (χ4v) is 5.93. The Labute approximate surface area is 178 Å². The first-order valence-electron chi connectivity index (χ1n) is 11.5. The van der Waals surface area contributed by atoms with Crippen molar-refractivity contribution in [3.05, 3.63) is 53.0 Å². The summed E-state index contributed by atoms with van der Waals surface area (Å²) in [5.74, 6) is 2.07. The van der Waals surface area contributed by atoms with Gasteiger partial charge in [0.2, 0.25) is 0 Å². The Morgan fingerprint density at radius 2 is 1.77 bits per heavy atom. The second-order valence-corrected chi connectivity index (χ2v) is 9.41. The predicted molar refractivity (Wildman–Crippen MR) is 119 cm³/mol. The molecule has 3 aliphatic heterocycles. The molecular weight excluding hydrogens is 372 g/mol. The van der Waals surface area contributed by atoms with Crippen LogP contribution in [-0.2, 0) is 13.0 Å². The molecule has 0 saturated carbocycles. The van der Waals surface area contributed by atoms with E-state index in [2.05, 4.69) is 34.1 Å². The zero-order chi connectivity index (χ0) is 20.1. The van der Waals surface area contributed by atoms with Gasteiger partial charge in [-0.1, -0.05) is 24.3 Å². The van der Waals surface area contributed by atoms with Crippen molar-refractivity contribution in [3.8, 4) is 0 Å². The van der Waals surface area contributed by atoms with Crippen LogP contribution in [0.5, 0.6) is 0 Å². The predicted octanol–water partition coefficient (Wildman–Crippen LogP) is 3.07. The molecule has 6 heteroatoms. The van der Waals surface area contributed by atoms with Gasteiger partial charge in [0.05, 0.1) is 18.4 Å². The molecule has 6 nitrogen and oxygen atoms in total. The number of aliphatic imine (C=N–C) groups is 1. The van der Waals surface area contributed by atoms with Crippen LogP contribution in [0.1, 0.15) is 60.7 Å². The van der Waals surface area contributed by atoms with E-state index in [1.165, 1.54) is 30.4 Å². The van der Waals surface area contributed by atoms with Crippen LogP contribution < -0.4 is 10.6 Å². The second kappa shape index (κ2) is 7.05. The fourth-order valence-electron chi connectivity index (χ4n) is 5.93. The Morgan fingerprint density at radius 1 is 0.967 bits per heavy atom. The largest absolute Gasteiger partial charge is 0.355 e. The molecule has 0 radical (unpaired) electrons. The average Bonchev–Trinajstić information content (AvgIpc) is 3.34. The summed E-state index contributed by atoms with van der Waals surface area (Å²) in [7, 11) is 0. The molecule has 1 atom stereocenters. The molecule has 30 heavy (non-hydrogen) atoms. The third-order valence-electron chi connectivity index (χ3n) is 7.75. The van der Waals surface area contributed by atoms with Gasteiger partial charge in [0, 0.05) is 32.2 Å². The Morgan fingerprint density at radius 3 is 2.57 bits per heavy atom. The molecule has 2 fully saturated rings. The first-order valence-corrected chi connectivity index (χ1v) is 11.5. The monoisotopic (exact) mass is 402 g/mol. The third-order valence-corrected chi connectivity index (χ3v) is 7.75. The lowest BCUT2D eigenvalue weighted by atomic mass is 9.73. The van der Waals surface area contributed by atoms with Crippen LogP contribution in [0.4, 0.5) is 5.82 Å². The van der Waals surface area contributed by atoms with Gasteiger partial charge in [-0.3, -0.25) is 4.99 Å². The van der Waals surface area contributed by atoms with Crippen molar-refractivity contribution >= 4 is 11.7 Å². The molecule has 1 aromatic heterocycles. The number of rotatable bonds is 1. The SMILES string of the molecule is N[C@@H]1c2ccccc2CC12CCN(c1cnc3c(n1)CN=C3N1CCCCC1)CC2. The van der Waals surface area contributed by atoms with Crippen LogP contribution >= 0.6 is 0 Å². The summed E-state index contributed by atoms with van der Waals surface area (Å²) in [5, 5.41) is 0. The maximum absolute atomic E-state index is 6.73. The number of hydrogen-bond acceptors (Lipinski definition) is 6. The summed E-state index contributed by atoms with van der Waals surface area (Å²) in [6.45, 7) is 4.85. The van der Waals surface area contributed by atoms with E-state index in [9.17, 15) is 0 Å². The topological polar surface area (TPSA) is 70.6 Å². The van der Waals surface area contributed by atoms with E-state index in [0.717, 1.165) is 68.5 Å². The van der Waals surface area contributed by atoms with Gasteiger partial charge in [0.1, 0.15) is 11.5 Å². The van der Waals surface area contributed by atoms with E-state index in [4.69, 9.17) is 20.7 Å². The summed E-state index contributed by atoms with van der Waals surface area (Å²) >= 11 is 0. The van der Waals surface area contributed by atoms with Gasteiger partial charge in [-0.25, -0.2) is 9.97 Å². The molecule has 2 N–H and O–H groups in total. The maximum atomic E-state index is 6.73. The highest BCUT2D eigenvalue weighted by Crippen LogP contribution is 2.50. The number of benzene rings is 1. The first kappa shape index (κ1) is 18.3. The van der Waals surface area contributed by atoms with Crippen molar-refractivity contribution < 1.29 is 0 Å². The Balaban J connectivity index is 1.17. The lowest BCUT2D eigenvalue weighted by Gasteiger charge is -2.42. The summed E-state index contributed by atoms with van der Waals surface area (Å²) in [4.78, 5) is 19.4. The molecule has 0 unspecified atom stereocenters. The molecule has 4 heterocycles. The molecule has 1 aliphatic carbocycles. The van der Waals surface area contributed by atoms with Crippen LogP contribution in [-0.4, -0.2) is 46.9 Å². The van der Waals surface area contributed by atoms with Crippen LogP contribution in [0.3, 0.4) is 0 Å². The standard InChI is InChI=1S/C24H30N6/c25-22-18-7-3-2-6-17(18)14-24(22)8-12-29(13-9-24)20-16-26-21-19(28-20)15-27-23(21)30-10-4-1-5-11-30/h2-3,6-7,16,22H,1,4-5,8-15,25H2/t22-/m1/s1. The number of hydrogen-bond donors (Lipinski definition) is 1. The number of aromatic nitrogens is 2. The fraction of sp³-hybridized carbons (Fsp3) is 0.542. The summed E-state index contributed by atoms with van der Waals surface area (Å²) < 4.78 is 0. The van der Waals surface area contributed by atoms with Gasteiger partial charge in [0.25, 0.3) is 0 Å². The van der Waals surface area contributed by atoms with Crippen molar-refractivity contribution in [2.45, 2.75) is 51.1 Å². The Hall–Kier alpha value is -2.47. The van der Waals surface area contributed by atoms with Crippen molar-refractivity contribution in [3.63, 3.8) is 0 Å². The molecule has 1 aromatic carbocycles. The zero-order valence-corrected chi connectivity index (χ0v) is 17.6. The minimum Gasteiger partial charge on any atom is -0.355 e. The molecule has 4 aliphatic rings. The third kappa shape index (κ3) is 2.84. The van der Waals surface area contributed by atoms with Gasteiger partial charge >= 0.3 is 0 Å². The van der Waals surface area contributed by atoms with E-state index in [-0.39, 0.29) is 11.5 Å². The van der Waals surface area contributed by atoms with E-state index in [1.54, 1.807) is 0 Å². The molecule has 2 saturated heterocycles. The molecule has 156 valence electrons. The first-order chi connectivity index (χ1) is 14.7. The van der Waals surface area contributed by atoms with Gasteiger partial charge in [-0.2, -0.15) is 0 Å². The number of nitrogens with zero attached hydrogens (tertiary/aromatic N) is 5. The van der Waals surface area contributed by atoms with Crippen LogP contribution in [0.2, 0.25) is 0 Å². The summed E-state index contributed by atoms with van der Waals surface area (Å²) in [6.07, 6.45) is 9.12. The lowest BCUT2D eigenvalue weighted by molar-refractivity contribution is 0.187. The number of fused-ring (bicyclic) bond motifs is 2. The Kier molecular flexibility index (Phi) is 4.30. The number of anilines is 1. The molecule has 0 bridgehead atoms. The molecule has 6 rings (SSSR count). The number of likely N-dealkylation sites (tertiary alicyclic amines) is 1. The maximum Gasteiger partial charge on any atom is 0.152 e. The minimum atomic E-state index is 0.155. The molecule has 2 aromatic rings. The van der Waals surface area contributed by atoms with Crippen LogP contribution in [0.25, 0.3) is 0 Å².